The molecule has 2 aromatic rings. The van der Waals surface area contributed by atoms with E-state index in [2.05, 4.69) is 22.4 Å². The van der Waals surface area contributed by atoms with Crippen LogP contribution in [0.1, 0.15) is 18.7 Å². The van der Waals surface area contributed by atoms with Crippen molar-refractivity contribution in [3.63, 3.8) is 0 Å². The van der Waals surface area contributed by atoms with Crippen molar-refractivity contribution in [1.29, 1.82) is 0 Å². The van der Waals surface area contributed by atoms with E-state index in [9.17, 15) is 0 Å². The summed E-state index contributed by atoms with van der Waals surface area (Å²) >= 11 is 2.02. The molecule has 102 valence electrons. The Labute approximate surface area is 116 Å². The van der Waals surface area contributed by atoms with Gasteiger partial charge in [0.1, 0.15) is 12.1 Å². The Morgan fingerprint density at radius 3 is 3.26 bits per heavy atom. The summed E-state index contributed by atoms with van der Waals surface area (Å²) in [6.07, 6.45) is 2.55. The summed E-state index contributed by atoms with van der Waals surface area (Å²) in [7, 11) is 1.64. The third-order valence-electron chi connectivity index (χ3n) is 3.23. The lowest BCUT2D eigenvalue weighted by Gasteiger charge is -2.23. The summed E-state index contributed by atoms with van der Waals surface area (Å²) in [5.74, 6) is 3.11. The highest BCUT2D eigenvalue weighted by atomic mass is 32.2. The molecule has 0 amide bonds. The number of rotatable bonds is 4. The van der Waals surface area contributed by atoms with Gasteiger partial charge in [0.25, 0.3) is 0 Å². The Bertz CT molecular complexity index is 549. The predicted molar refractivity (Wildman–Crippen MR) is 78.7 cm³/mol. The van der Waals surface area contributed by atoms with Gasteiger partial charge in [0.15, 0.2) is 5.58 Å². The molecule has 0 radical (unpaired) electrons. The maximum Gasteiger partial charge on any atom is 0.221 e. The Morgan fingerprint density at radius 2 is 2.47 bits per heavy atom. The van der Waals surface area contributed by atoms with Crippen molar-refractivity contribution in [3.05, 3.63) is 24.1 Å². The molecule has 0 spiro atoms. The number of ether oxygens (including phenoxy) is 1. The Hall–Kier alpha value is -1.20. The zero-order valence-corrected chi connectivity index (χ0v) is 11.8. The highest BCUT2D eigenvalue weighted by Crippen LogP contribution is 2.24. The van der Waals surface area contributed by atoms with Crippen molar-refractivity contribution in [2.45, 2.75) is 25.5 Å². The minimum atomic E-state index is 0.413. The van der Waals surface area contributed by atoms with Crippen LogP contribution in [-0.4, -0.2) is 29.6 Å². The zero-order chi connectivity index (χ0) is 13.1. The van der Waals surface area contributed by atoms with Crippen LogP contribution in [0.4, 0.5) is 5.69 Å². The molecule has 2 heterocycles. The van der Waals surface area contributed by atoms with E-state index in [1.165, 1.54) is 24.3 Å². The first-order chi connectivity index (χ1) is 9.35. The minimum absolute atomic E-state index is 0.413. The Balaban J connectivity index is 1.76. The van der Waals surface area contributed by atoms with Gasteiger partial charge in [0.2, 0.25) is 5.89 Å². The molecule has 0 aliphatic carbocycles. The van der Waals surface area contributed by atoms with Gasteiger partial charge in [-0.1, -0.05) is 0 Å². The topological polar surface area (TPSA) is 47.3 Å². The third kappa shape index (κ3) is 3.04. The lowest BCUT2D eigenvalue weighted by atomic mass is 10.1. The molecule has 1 aromatic carbocycles. The Morgan fingerprint density at radius 1 is 1.53 bits per heavy atom. The van der Waals surface area contributed by atoms with E-state index < -0.39 is 0 Å². The zero-order valence-electron chi connectivity index (χ0n) is 11.0. The van der Waals surface area contributed by atoms with E-state index in [0.717, 1.165) is 16.8 Å². The first kappa shape index (κ1) is 12.8. The van der Waals surface area contributed by atoms with Crippen molar-refractivity contribution in [3.8, 4) is 0 Å². The Kier molecular flexibility index (Phi) is 3.94. The molecule has 3 rings (SSSR count). The second-order valence-corrected chi connectivity index (χ2v) is 5.93. The number of hydrogen-bond acceptors (Lipinski definition) is 5. The standard InChI is InChI=1S/C14H18N2O2S/c1-17-8-14-16-12-7-10(4-5-13(12)18-14)15-11-3-2-6-19-9-11/h4-5,7,11,15H,2-3,6,8-9H2,1H3/t11-/m0/s1. The van der Waals surface area contributed by atoms with E-state index in [0.29, 0.717) is 18.5 Å². The average molecular weight is 278 g/mol. The number of fused-ring (bicyclic) bond motifs is 1. The van der Waals surface area contributed by atoms with Crippen LogP contribution in [0.3, 0.4) is 0 Å². The lowest BCUT2D eigenvalue weighted by molar-refractivity contribution is 0.161. The van der Waals surface area contributed by atoms with Crippen molar-refractivity contribution >= 4 is 28.5 Å². The number of anilines is 1. The molecule has 1 N–H and O–H groups in total. The normalized spacial score (nSPS) is 19.7. The molecule has 19 heavy (non-hydrogen) atoms. The van der Waals surface area contributed by atoms with E-state index >= 15 is 0 Å². The molecule has 0 bridgehead atoms. The number of thioether (sulfide) groups is 1. The van der Waals surface area contributed by atoms with E-state index in [-0.39, 0.29) is 0 Å². The van der Waals surface area contributed by atoms with Crippen LogP contribution in [0.15, 0.2) is 22.6 Å². The molecule has 1 aliphatic heterocycles. The number of aromatic nitrogens is 1. The number of oxazole rings is 1. The third-order valence-corrected chi connectivity index (χ3v) is 4.45. The number of benzene rings is 1. The number of methoxy groups -OCH3 is 1. The molecule has 0 saturated carbocycles. The first-order valence-electron chi connectivity index (χ1n) is 6.58. The van der Waals surface area contributed by atoms with Crippen LogP contribution in [0.2, 0.25) is 0 Å². The summed E-state index contributed by atoms with van der Waals surface area (Å²) in [5.41, 5.74) is 2.83. The number of hydrogen-bond donors (Lipinski definition) is 1. The lowest BCUT2D eigenvalue weighted by Crippen LogP contribution is -2.25. The fourth-order valence-corrected chi connectivity index (χ4v) is 3.41. The van der Waals surface area contributed by atoms with Crippen molar-refractivity contribution in [1.82, 2.24) is 4.98 Å². The number of nitrogens with zero attached hydrogens (tertiary/aromatic N) is 1. The van der Waals surface area contributed by atoms with Gasteiger partial charge >= 0.3 is 0 Å². The van der Waals surface area contributed by atoms with Crippen LogP contribution in [0, 0.1) is 0 Å². The summed E-state index contributed by atoms with van der Waals surface area (Å²) < 4.78 is 10.6. The van der Waals surface area contributed by atoms with E-state index in [1.807, 2.05) is 17.8 Å². The smallest absolute Gasteiger partial charge is 0.221 e. The molecule has 0 unspecified atom stereocenters. The van der Waals surface area contributed by atoms with E-state index in [1.54, 1.807) is 7.11 Å². The average Bonchev–Trinajstić information content (AvgIpc) is 2.82. The van der Waals surface area contributed by atoms with Gasteiger partial charge < -0.3 is 14.5 Å². The monoisotopic (exact) mass is 278 g/mol. The van der Waals surface area contributed by atoms with Gasteiger partial charge in [-0.25, -0.2) is 4.98 Å². The second kappa shape index (κ2) is 5.84. The summed E-state index contributed by atoms with van der Waals surface area (Å²) in [6.45, 7) is 0.413. The number of nitrogens with one attached hydrogen (secondary N) is 1. The maximum atomic E-state index is 5.59. The highest BCUT2D eigenvalue weighted by molar-refractivity contribution is 7.99. The summed E-state index contributed by atoms with van der Waals surface area (Å²) in [4.78, 5) is 4.42. The van der Waals surface area contributed by atoms with Gasteiger partial charge in [0, 0.05) is 24.6 Å². The minimum Gasteiger partial charge on any atom is -0.438 e. The fourth-order valence-electron chi connectivity index (χ4n) is 2.34. The van der Waals surface area contributed by atoms with Crippen molar-refractivity contribution in [2.24, 2.45) is 0 Å². The molecule has 1 atom stereocenters. The molecular weight excluding hydrogens is 260 g/mol. The largest absolute Gasteiger partial charge is 0.438 e. The van der Waals surface area contributed by atoms with Crippen molar-refractivity contribution < 1.29 is 9.15 Å². The van der Waals surface area contributed by atoms with Crippen LogP contribution in [0.25, 0.3) is 11.1 Å². The van der Waals surface area contributed by atoms with Gasteiger partial charge in [0.05, 0.1) is 0 Å². The summed E-state index contributed by atoms with van der Waals surface area (Å²) in [6, 6.07) is 6.65. The van der Waals surface area contributed by atoms with Crippen molar-refractivity contribution in [2.75, 3.05) is 23.9 Å². The predicted octanol–water partition coefficient (Wildman–Crippen LogP) is 3.28. The van der Waals surface area contributed by atoms with Crippen LogP contribution in [0.5, 0.6) is 0 Å². The molecule has 1 fully saturated rings. The van der Waals surface area contributed by atoms with Crippen LogP contribution < -0.4 is 5.32 Å². The molecule has 1 aromatic heterocycles. The van der Waals surface area contributed by atoms with Gasteiger partial charge in [-0.2, -0.15) is 11.8 Å². The second-order valence-electron chi connectivity index (χ2n) is 4.78. The molecular formula is C14H18N2O2S. The van der Waals surface area contributed by atoms with E-state index in [4.69, 9.17) is 9.15 Å². The quantitative estimate of drug-likeness (QED) is 0.930. The van der Waals surface area contributed by atoms with Gasteiger partial charge in [-0.05, 0) is 36.8 Å². The molecule has 4 nitrogen and oxygen atoms in total. The molecule has 1 saturated heterocycles. The van der Waals surface area contributed by atoms with Gasteiger partial charge in [-0.15, -0.1) is 0 Å². The molecule has 1 aliphatic rings. The molecule has 5 heteroatoms. The summed E-state index contributed by atoms with van der Waals surface area (Å²) in [5, 5.41) is 3.58. The maximum absolute atomic E-state index is 5.59. The fraction of sp³-hybridized carbons (Fsp3) is 0.500. The highest BCUT2D eigenvalue weighted by Gasteiger charge is 2.14. The SMILES string of the molecule is COCc1nc2cc(N[C@H]3CCCSC3)ccc2o1. The van der Waals surface area contributed by atoms with Crippen LogP contribution >= 0.6 is 11.8 Å². The van der Waals surface area contributed by atoms with Gasteiger partial charge in [-0.3, -0.25) is 0 Å². The first-order valence-corrected chi connectivity index (χ1v) is 7.73. The van der Waals surface area contributed by atoms with Crippen LogP contribution in [-0.2, 0) is 11.3 Å².